The molecular formula is C8H9ClINP+. The molecule has 0 fully saturated rings. The predicted octanol–water partition coefficient (Wildman–Crippen LogP) is 2.89. The molecule has 1 aliphatic heterocycles. The Bertz CT molecular complexity index is 303. The highest BCUT2D eigenvalue weighted by Crippen LogP contribution is 2.68. The highest BCUT2D eigenvalue weighted by Gasteiger charge is 2.41. The van der Waals surface area contributed by atoms with Crippen LogP contribution in [0.4, 0.5) is 0 Å². The summed E-state index contributed by atoms with van der Waals surface area (Å²) in [7, 11) is 0. The third kappa shape index (κ3) is 1.63. The van der Waals surface area contributed by atoms with Gasteiger partial charge >= 0.3 is 0 Å². The smallest absolute Gasteiger partial charge is 0.164 e. The van der Waals surface area contributed by atoms with Crippen molar-refractivity contribution >= 4 is 43.0 Å². The van der Waals surface area contributed by atoms with Crippen LogP contribution >= 0.6 is 37.7 Å². The second-order valence-electron chi connectivity index (χ2n) is 2.80. The van der Waals surface area contributed by atoms with Gasteiger partial charge in [-0.1, -0.05) is 18.2 Å². The molecule has 12 heavy (non-hydrogen) atoms. The second-order valence-corrected chi connectivity index (χ2v) is 12.2. The average molecular weight is 312 g/mol. The Hall–Kier alpha value is 0.630. The zero-order valence-electron chi connectivity index (χ0n) is 6.43. The molecule has 0 amide bonds. The number of benzene rings is 1. The second kappa shape index (κ2) is 3.41. The number of fused-ring (bicyclic) bond motifs is 1. The lowest BCUT2D eigenvalue weighted by molar-refractivity contribution is 0.893. The monoisotopic (exact) mass is 312 g/mol. The van der Waals surface area contributed by atoms with Crippen LogP contribution in [0.25, 0.3) is 0 Å². The van der Waals surface area contributed by atoms with Crippen LogP contribution in [-0.4, -0.2) is 6.54 Å². The molecule has 1 atom stereocenters. The molecule has 0 saturated carbocycles. The zero-order chi connectivity index (χ0) is 8.60. The third-order valence-corrected chi connectivity index (χ3v) is 7.15. The summed E-state index contributed by atoms with van der Waals surface area (Å²) in [6.07, 6.45) is 1.10. The Labute approximate surface area is 90.5 Å². The maximum Gasteiger partial charge on any atom is 0.272 e. The van der Waals surface area contributed by atoms with Gasteiger partial charge in [0.05, 0.1) is 0 Å². The van der Waals surface area contributed by atoms with Gasteiger partial charge < -0.3 is 0 Å². The summed E-state index contributed by atoms with van der Waals surface area (Å²) < 4.78 is -1.53. The first-order valence-corrected chi connectivity index (χ1v) is 9.30. The van der Waals surface area contributed by atoms with Crippen molar-refractivity contribution in [3.63, 3.8) is 0 Å². The standard InChI is InChI=1S/C8H9ClINP/c9-12(10)8-4-2-1-3-7(8)5-6-11-12/h1-4,11H,5-6H2/q+1. The molecule has 0 spiro atoms. The molecule has 1 heterocycles. The van der Waals surface area contributed by atoms with Gasteiger partial charge in [-0.15, -0.1) is 0 Å². The SMILES string of the molecule is Cl[P+]1(I)NCCc2ccccc21. The Morgan fingerprint density at radius 1 is 1.42 bits per heavy atom. The van der Waals surface area contributed by atoms with Gasteiger partial charge in [0, 0.05) is 6.54 Å². The van der Waals surface area contributed by atoms with Crippen LogP contribution in [0.15, 0.2) is 24.3 Å². The van der Waals surface area contributed by atoms with Crippen molar-refractivity contribution < 1.29 is 0 Å². The quantitative estimate of drug-likeness (QED) is 0.574. The van der Waals surface area contributed by atoms with E-state index in [1.807, 2.05) is 0 Å². The lowest BCUT2D eigenvalue weighted by atomic mass is 10.1. The summed E-state index contributed by atoms with van der Waals surface area (Å²) in [5.74, 6) is 0. The van der Waals surface area contributed by atoms with Crippen LogP contribution in [0.3, 0.4) is 0 Å². The Morgan fingerprint density at radius 2 is 2.17 bits per heavy atom. The molecular weight excluding hydrogens is 303 g/mol. The summed E-state index contributed by atoms with van der Waals surface area (Å²) in [6.45, 7) is 1.01. The fourth-order valence-electron chi connectivity index (χ4n) is 1.41. The van der Waals surface area contributed by atoms with Crippen molar-refractivity contribution in [1.29, 1.82) is 0 Å². The van der Waals surface area contributed by atoms with Crippen molar-refractivity contribution in [3.05, 3.63) is 29.8 Å². The van der Waals surface area contributed by atoms with Crippen LogP contribution in [0.2, 0.25) is 0 Å². The van der Waals surface area contributed by atoms with E-state index in [1.54, 1.807) is 0 Å². The first-order chi connectivity index (χ1) is 5.70. The molecule has 1 aliphatic rings. The summed E-state index contributed by atoms with van der Waals surface area (Å²) >= 11 is 8.74. The van der Waals surface area contributed by atoms with E-state index in [0.717, 1.165) is 13.0 Å². The van der Waals surface area contributed by atoms with Crippen molar-refractivity contribution in [2.24, 2.45) is 0 Å². The molecule has 0 aromatic heterocycles. The van der Waals surface area contributed by atoms with E-state index in [0.29, 0.717) is 0 Å². The molecule has 2 rings (SSSR count). The van der Waals surface area contributed by atoms with Crippen molar-refractivity contribution in [3.8, 4) is 0 Å². The van der Waals surface area contributed by atoms with Crippen LogP contribution in [0, 0.1) is 0 Å². The van der Waals surface area contributed by atoms with Crippen molar-refractivity contribution in [1.82, 2.24) is 5.09 Å². The van der Waals surface area contributed by atoms with Gasteiger partial charge in [-0.25, -0.2) is 0 Å². The van der Waals surface area contributed by atoms with Crippen LogP contribution in [-0.2, 0) is 6.42 Å². The van der Waals surface area contributed by atoms with E-state index in [1.165, 1.54) is 10.9 Å². The normalized spacial score (nSPS) is 28.2. The molecule has 0 bridgehead atoms. The Morgan fingerprint density at radius 3 is 2.92 bits per heavy atom. The fraction of sp³-hybridized carbons (Fsp3) is 0.250. The topological polar surface area (TPSA) is 12.0 Å². The lowest BCUT2D eigenvalue weighted by Crippen LogP contribution is -2.29. The highest BCUT2D eigenvalue weighted by molar-refractivity contribution is 14.2. The molecule has 64 valence electrons. The number of hydrogen-bond donors (Lipinski definition) is 1. The fourth-order valence-corrected chi connectivity index (χ4v) is 5.68. The third-order valence-electron chi connectivity index (χ3n) is 2.00. The van der Waals surface area contributed by atoms with Crippen LogP contribution in [0.1, 0.15) is 5.56 Å². The van der Waals surface area contributed by atoms with Gasteiger partial charge in [-0.05, 0) is 18.1 Å². The van der Waals surface area contributed by atoms with Gasteiger partial charge in [-0.2, -0.15) is 5.09 Å². The lowest BCUT2D eigenvalue weighted by Gasteiger charge is -2.20. The van der Waals surface area contributed by atoms with Gasteiger partial charge in [0.15, 0.2) is 0 Å². The van der Waals surface area contributed by atoms with E-state index in [4.69, 9.17) is 11.2 Å². The molecule has 0 aliphatic carbocycles. The summed E-state index contributed by atoms with van der Waals surface area (Å²) in [5, 5.41) is 4.70. The molecule has 0 radical (unpaired) electrons. The van der Waals surface area contributed by atoms with Gasteiger partial charge in [0.2, 0.25) is 22.0 Å². The van der Waals surface area contributed by atoms with Crippen LogP contribution < -0.4 is 10.4 Å². The number of rotatable bonds is 0. The maximum absolute atomic E-state index is 6.39. The molecule has 1 unspecified atom stereocenters. The van der Waals surface area contributed by atoms with Gasteiger partial charge in [0.1, 0.15) is 16.5 Å². The molecule has 1 aromatic rings. The maximum atomic E-state index is 6.39. The number of hydrogen-bond acceptors (Lipinski definition) is 1. The van der Waals surface area contributed by atoms with E-state index in [-0.39, 0.29) is 0 Å². The zero-order valence-corrected chi connectivity index (χ0v) is 10.2. The summed E-state index contributed by atoms with van der Waals surface area (Å²) in [4.78, 5) is 0. The minimum Gasteiger partial charge on any atom is -0.164 e. The first kappa shape index (κ1) is 9.20. The van der Waals surface area contributed by atoms with Crippen LogP contribution in [0.5, 0.6) is 0 Å². The Balaban J connectivity index is 2.52. The number of halogens is 2. The minimum atomic E-state index is -1.53. The molecule has 1 nitrogen and oxygen atoms in total. The first-order valence-electron chi connectivity index (χ1n) is 3.82. The van der Waals surface area contributed by atoms with E-state index in [9.17, 15) is 0 Å². The van der Waals surface area contributed by atoms with E-state index < -0.39 is 4.41 Å². The van der Waals surface area contributed by atoms with Crippen molar-refractivity contribution in [2.75, 3.05) is 6.54 Å². The Kier molecular flexibility index (Phi) is 2.61. The van der Waals surface area contributed by atoms with E-state index >= 15 is 0 Å². The number of nitrogens with one attached hydrogen (secondary N) is 1. The summed E-state index contributed by atoms with van der Waals surface area (Å²) in [6, 6.07) is 8.44. The molecule has 1 N–H and O–H groups in total. The predicted molar refractivity (Wildman–Crippen MR) is 64.6 cm³/mol. The van der Waals surface area contributed by atoms with Gasteiger partial charge in [0.25, 0.3) is 4.41 Å². The molecule has 0 saturated heterocycles. The summed E-state index contributed by atoms with van der Waals surface area (Å²) in [5.41, 5.74) is 1.41. The largest absolute Gasteiger partial charge is 0.272 e. The molecule has 1 aromatic carbocycles. The van der Waals surface area contributed by atoms with E-state index in [2.05, 4.69) is 51.4 Å². The molecule has 4 heteroatoms. The van der Waals surface area contributed by atoms with Gasteiger partial charge in [-0.3, -0.25) is 0 Å². The van der Waals surface area contributed by atoms with Crippen molar-refractivity contribution in [2.45, 2.75) is 6.42 Å². The highest BCUT2D eigenvalue weighted by atomic mass is 127. The average Bonchev–Trinajstić information content (AvgIpc) is 2.04. The minimum absolute atomic E-state index is 1.01.